The quantitative estimate of drug-likeness (QED) is 0.520. The highest BCUT2D eigenvalue weighted by atomic mass is 16.5. The van der Waals surface area contributed by atoms with E-state index >= 15 is 0 Å². The van der Waals surface area contributed by atoms with E-state index in [-0.39, 0.29) is 18.2 Å². The van der Waals surface area contributed by atoms with Gasteiger partial charge in [0.05, 0.1) is 12.7 Å². The SMILES string of the molecule is CCN(CC)C(=O)CCCC(=O)Nc1cccc(C#Cc2cccc(C(=O)OC)c2)c1. The maximum atomic E-state index is 12.2. The van der Waals surface area contributed by atoms with Crippen LogP contribution in [0, 0.1) is 11.8 Å². The van der Waals surface area contributed by atoms with E-state index in [0.29, 0.717) is 42.7 Å². The van der Waals surface area contributed by atoms with Gasteiger partial charge in [-0.05, 0) is 56.7 Å². The summed E-state index contributed by atoms with van der Waals surface area (Å²) < 4.78 is 4.72. The molecule has 0 saturated carbocycles. The predicted molar refractivity (Wildman–Crippen MR) is 121 cm³/mol. The van der Waals surface area contributed by atoms with Gasteiger partial charge >= 0.3 is 5.97 Å². The van der Waals surface area contributed by atoms with Gasteiger partial charge in [0.1, 0.15) is 0 Å². The second kappa shape index (κ2) is 12.2. The Hall–Kier alpha value is -3.59. The van der Waals surface area contributed by atoms with E-state index in [1.807, 2.05) is 32.0 Å². The van der Waals surface area contributed by atoms with Crippen LogP contribution in [0.3, 0.4) is 0 Å². The van der Waals surface area contributed by atoms with Crippen molar-refractivity contribution in [1.82, 2.24) is 4.90 Å². The first-order valence-corrected chi connectivity index (χ1v) is 10.3. The number of esters is 1. The number of benzene rings is 2. The number of methoxy groups -OCH3 is 1. The van der Waals surface area contributed by atoms with Gasteiger partial charge < -0.3 is 15.0 Å². The second-order valence-corrected chi connectivity index (χ2v) is 6.87. The highest BCUT2D eigenvalue weighted by molar-refractivity contribution is 5.91. The number of rotatable bonds is 8. The highest BCUT2D eigenvalue weighted by Crippen LogP contribution is 2.12. The van der Waals surface area contributed by atoms with Gasteiger partial charge in [-0.15, -0.1) is 0 Å². The van der Waals surface area contributed by atoms with Crippen molar-refractivity contribution >= 4 is 23.5 Å². The summed E-state index contributed by atoms with van der Waals surface area (Å²) in [6.45, 7) is 5.25. The van der Waals surface area contributed by atoms with Gasteiger partial charge in [0.2, 0.25) is 11.8 Å². The Morgan fingerprint density at radius 2 is 1.58 bits per heavy atom. The van der Waals surface area contributed by atoms with Crippen molar-refractivity contribution < 1.29 is 19.1 Å². The molecule has 31 heavy (non-hydrogen) atoms. The molecule has 0 aliphatic rings. The summed E-state index contributed by atoms with van der Waals surface area (Å²) in [6.07, 6.45) is 1.16. The molecule has 162 valence electrons. The van der Waals surface area contributed by atoms with Crippen LogP contribution in [0.1, 0.15) is 54.6 Å². The van der Waals surface area contributed by atoms with Crippen LogP contribution in [0.25, 0.3) is 0 Å². The van der Waals surface area contributed by atoms with Crippen LogP contribution >= 0.6 is 0 Å². The summed E-state index contributed by atoms with van der Waals surface area (Å²) in [5.41, 5.74) is 2.51. The molecule has 0 bridgehead atoms. The van der Waals surface area contributed by atoms with Gasteiger partial charge in [0, 0.05) is 42.7 Å². The number of nitrogens with one attached hydrogen (secondary N) is 1. The van der Waals surface area contributed by atoms with E-state index < -0.39 is 5.97 Å². The Bertz CT molecular complexity index is 984. The summed E-state index contributed by atoms with van der Waals surface area (Å²) >= 11 is 0. The van der Waals surface area contributed by atoms with Crippen LogP contribution in [0.4, 0.5) is 5.69 Å². The Morgan fingerprint density at radius 1 is 0.935 bits per heavy atom. The predicted octanol–water partition coefficient (Wildman–Crippen LogP) is 3.85. The third-order valence-electron chi connectivity index (χ3n) is 4.69. The zero-order valence-electron chi connectivity index (χ0n) is 18.2. The van der Waals surface area contributed by atoms with Crippen molar-refractivity contribution in [1.29, 1.82) is 0 Å². The van der Waals surface area contributed by atoms with Crippen LogP contribution in [-0.4, -0.2) is 42.9 Å². The van der Waals surface area contributed by atoms with Gasteiger partial charge in [-0.1, -0.05) is 24.0 Å². The lowest BCUT2D eigenvalue weighted by Crippen LogP contribution is -2.30. The third kappa shape index (κ3) is 7.63. The van der Waals surface area contributed by atoms with Crippen molar-refractivity contribution in [3.8, 4) is 11.8 Å². The maximum absolute atomic E-state index is 12.2. The van der Waals surface area contributed by atoms with Crippen molar-refractivity contribution in [2.45, 2.75) is 33.1 Å². The molecule has 0 heterocycles. The molecule has 0 unspecified atom stereocenters. The number of amides is 2. The Kier molecular flexibility index (Phi) is 9.31. The first-order chi connectivity index (χ1) is 15.0. The van der Waals surface area contributed by atoms with E-state index in [0.717, 1.165) is 5.56 Å². The van der Waals surface area contributed by atoms with E-state index in [1.165, 1.54) is 7.11 Å². The molecule has 2 rings (SSSR count). The zero-order valence-corrected chi connectivity index (χ0v) is 18.2. The van der Waals surface area contributed by atoms with Gasteiger partial charge in [-0.2, -0.15) is 0 Å². The minimum Gasteiger partial charge on any atom is -0.465 e. The fraction of sp³-hybridized carbons (Fsp3) is 0.320. The highest BCUT2D eigenvalue weighted by Gasteiger charge is 2.10. The number of hydrogen-bond donors (Lipinski definition) is 1. The second-order valence-electron chi connectivity index (χ2n) is 6.87. The molecule has 0 atom stereocenters. The number of anilines is 1. The first kappa shape index (κ1) is 23.7. The fourth-order valence-electron chi connectivity index (χ4n) is 3.02. The molecule has 2 aromatic rings. The Labute approximate surface area is 183 Å². The van der Waals surface area contributed by atoms with E-state index in [9.17, 15) is 14.4 Å². The van der Waals surface area contributed by atoms with Crippen LogP contribution < -0.4 is 5.32 Å². The smallest absolute Gasteiger partial charge is 0.337 e. The molecule has 6 nitrogen and oxygen atoms in total. The number of carbonyl (C=O) groups excluding carboxylic acids is 3. The van der Waals surface area contributed by atoms with Gasteiger partial charge in [0.15, 0.2) is 0 Å². The van der Waals surface area contributed by atoms with Crippen molar-refractivity contribution in [2.75, 3.05) is 25.5 Å². The standard InChI is InChI=1S/C25H28N2O4/c1-4-27(5-2)24(29)14-8-13-23(28)26-22-12-7-10-20(18-22)16-15-19-9-6-11-21(17-19)25(30)31-3/h6-7,9-12,17-18H,4-5,8,13-14H2,1-3H3,(H,26,28). The molecule has 6 heteroatoms. The van der Waals surface area contributed by atoms with Crippen molar-refractivity contribution in [3.63, 3.8) is 0 Å². The third-order valence-corrected chi connectivity index (χ3v) is 4.69. The van der Waals surface area contributed by atoms with E-state index in [2.05, 4.69) is 17.2 Å². The minimum atomic E-state index is -0.410. The summed E-state index contributed by atoms with van der Waals surface area (Å²) in [6, 6.07) is 14.1. The van der Waals surface area contributed by atoms with Crippen LogP contribution in [0.15, 0.2) is 48.5 Å². The Balaban J connectivity index is 1.94. The molecule has 0 aromatic heterocycles. The Morgan fingerprint density at radius 3 is 2.23 bits per heavy atom. The number of ether oxygens (including phenoxy) is 1. The largest absolute Gasteiger partial charge is 0.465 e. The lowest BCUT2D eigenvalue weighted by Gasteiger charge is -2.18. The summed E-state index contributed by atoms with van der Waals surface area (Å²) in [7, 11) is 1.34. The van der Waals surface area contributed by atoms with Crippen LogP contribution in [0.5, 0.6) is 0 Å². The van der Waals surface area contributed by atoms with E-state index in [1.54, 1.807) is 35.2 Å². The summed E-state index contributed by atoms with van der Waals surface area (Å²) in [4.78, 5) is 37.6. The molecule has 0 saturated heterocycles. The lowest BCUT2D eigenvalue weighted by atomic mass is 10.1. The summed E-state index contributed by atoms with van der Waals surface area (Å²) in [5.74, 6) is 5.58. The van der Waals surface area contributed by atoms with Gasteiger partial charge in [-0.3, -0.25) is 9.59 Å². The number of hydrogen-bond acceptors (Lipinski definition) is 4. The molecular weight excluding hydrogens is 392 g/mol. The van der Waals surface area contributed by atoms with Crippen molar-refractivity contribution in [2.24, 2.45) is 0 Å². The maximum Gasteiger partial charge on any atom is 0.337 e. The molecule has 0 aliphatic carbocycles. The number of nitrogens with zero attached hydrogens (tertiary/aromatic N) is 1. The molecule has 2 aromatic carbocycles. The fourth-order valence-corrected chi connectivity index (χ4v) is 3.02. The molecule has 2 amide bonds. The molecule has 1 N–H and O–H groups in total. The van der Waals surface area contributed by atoms with Crippen LogP contribution in [0.2, 0.25) is 0 Å². The normalized spacial score (nSPS) is 9.90. The molecular formula is C25H28N2O4. The zero-order chi connectivity index (χ0) is 22.6. The topological polar surface area (TPSA) is 75.7 Å². The van der Waals surface area contributed by atoms with E-state index in [4.69, 9.17) is 4.74 Å². The monoisotopic (exact) mass is 420 g/mol. The van der Waals surface area contributed by atoms with Crippen molar-refractivity contribution in [3.05, 3.63) is 65.2 Å². The first-order valence-electron chi connectivity index (χ1n) is 10.3. The molecule has 0 aliphatic heterocycles. The average molecular weight is 421 g/mol. The minimum absolute atomic E-state index is 0.0753. The number of carbonyl (C=O) groups is 3. The van der Waals surface area contributed by atoms with Gasteiger partial charge in [-0.25, -0.2) is 4.79 Å². The van der Waals surface area contributed by atoms with Gasteiger partial charge in [0.25, 0.3) is 0 Å². The van der Waals surface area contributed by atoms with Crippen LogP contribution in [-0.2, 0) is 14.3 Å². The average Bonchev–Trinajstić information content (AvgIpc) is 2.78. The molecule has 0 spiro atoms. The molecule has 0 fully saturated rings. The summed E-state index contributed by atoms with van der Waals surface area (Å²) in [5, 5.41) is 2.85. The molecule has 0 radical (unpaired) electrons. The lowest BCUT2D eigenvalue weighted by molar-refractivity contribution is -0.131.